The van der Waals surface area contributed by atoms with Gasteiger partial charge in [0.1, 0.15) is 11.5 Å². The number of hydrogen-bond donors (Lipinski definition) is 3. The van der Waals surface area contributed by atoms with E-state index in [-0.39, 0.29) is 43.0 Å². The first-order valence-electron chi connectivity index (χ1n) is 8.83. The van der Waals surface area contributed by atoms with Gasteiger partial charge in [-0.25, -0.2) is 0 Å². The number of fused-ring (bicyclic) bond motifs is 2. The summed E-state index contributed by atoms with van der Waals surface area (Å²) < 4.78 is 0. The lowest BCUT2D eigenvalue weighted by atomic mass is 9.82. The van der Waals surface area contributed by atoms with Gasteiger partial charge in [0.25, 0.3) is 0 Å². The van der Waals surface area contributed by atoms with E-state index in [4.69, 9.17) is 34.8 Å². The van der Waals surface area contributed by atoms with Crippen LogP contribution in [0, 0.1) is 13.8 Å². The van der Waals surface area contributed by atoms with Crippen molar-refractivity contribution >= 4 is 57.7 Å². The van der Waals surface area contributed by atoms with Gasteiger partial charge in [-0.3, -0.25) is 9.59 Å². The minimum absolute atomic E-state index is 0.0349. The average molecular weight is 463 g/mol. The molecule has 0 aliphatic heterocycles. The molecule has 0 radical (unpaired) electrons. The molecule has 0 unspecified atom stereocenters. The second kappa shape index (κ2) is 7.20. The van der Waals surface area contributed by atoms with Gasteiger partial charge < -0.3 is 15.5 Å². The second-order valence-corrected chi connectivity index (χ2v) is 8.10. The van der Waals surface area contributed by atoms with Crippen LogP contribution in [-0.2, 0) is 0 Å². The Morgan fingerprint density at radius 1 is 0.667 bits per heavy atom. The minimum Gasteiger partial charge on any atom is -0.507 e. The Hall–Kier alpha value is -2.73. The number of nitrogens with one attached hydrogen (secondary N) is 1. The highest BCUT2D eigenvalue weighted by molar-refractivity contribution is 6.51. The number of anilines is 2. The normalized spacial score (nSPS) is 12.6. The molecule has 4 rings (SSSR count). The highest BCUT2D eigenvalue weighted by Gasteiger charge is 2.39. The number of phenolic OH excluding ortho intramolecular Hbond substituents is 2. The number of ketones is 2. The fourth-order valence-corrected chi connectivity index (χ4v) is 4.50. The summed E-state index contributed by atoms with van der Waals surface area (Å²) in [6, 6.07) is 7.93. The molecule has 3 aromatic carbocycles. The van der Waals surface area contributed by atoms with Crippen molar-refractivity contribution in [2.45, 2.75) is 13.8 Å². The van der Waals surface area contributed by atoms with Crippen molar-refractivity contribution in [2.24, 2.45) is 0 Å². The van der Waals surface area contributed by atoms with E-state index in [0.717, 1.165) is 28.9 Å². The lowest BCUT2D eigenvalue weighted by Gasteiger charge is -2.24. The van der Waals surface area contributed by atoms with Crippen molar-refractivity contribution in [1.29, 1.82) is 0 Å². The van der Waals surface area contributed by atoms with E-state index in [9.17, 15) is 19.8 Å². The van der Waals surface area contributed by atoms with Crippen LogP contribution in [-0.4, -0.2) is 21.8 Å². The third-order valence-electron chi connectivity index (χ3n) is 5.12. The summed E-state index contributed by atoms with van der Waals surface area (Å²) in [5.41, 5.74) is 1.66. The number of phenols is 2. The Morgan fingerprint density at radius 3 is 1.63 bits per heavy atom. The zero-order valence-corrected chi connectivity index (χ0v) is 18.0. The molecule has 30 heavy (non-hydrogen) atoms. The monoisotopic (exact) mass is 461 g/mol. The number of carbonyl (C=O) groups excluding carboxylic acids is 2. The summed E-state index contributed by atoms with van der Waals surface area (Å²) in [6.07, 6.45) is 0. The van der Waals surface area contributed by atoms with Crippen LogP contribution in [0.2, 0.25) is 15.1 Å². The predicted octanol–water partition coefficient (Wildman–Crippen LogP) is 6.19. The van der Waals surface area contributed by atoms with Gasteiger partial charge in [0.15, 0.2) is 11.6 Å². The molecule has 152 valence electrons. The number of carbonyl (C=O) groups is 2. The van der Waals surface area contributed by atoms with Crippen molar-refractivity contribution < 1.29 is 19.8 Å². The summed E-state index contributed by atoms with van der Waals surface area (Å²) in [7, 11) is 0. The molecule has 3 aromatic rings. The van der Waals surface area contributed by atoms with Crippen molar-refractivity contribution in [2.75, 3.05) is 5.32 Å². The van der Waals surface area contributed by atoms with E-state index in [1.54, 1.807) is 0 Å². The topological polar surface area (TPSA) is 86.6 Å². The zero-order valence-electron chi connectivity index (χ0n) is 15.7. The summed E-state index contributed by atoms with van der Waals surface area (Å²) in [4.78, 5) is 26.3. The Labute approximate surface area is 186 Å². The molecule has 0 aromatic heterocycles. The van der Waals surface area contributed by atoms with Crippen LogP contribution in [0.25, 0.3) is 0 Å². The maximum atomic E-state index is 13.2. The number of para-hydroxylation sites is 1. The van der Waals surface area contributed by atoms with E-state index in [2.05, 4.69) is 5.32 Å². The van der Waals surface area contributed by atoms with Crippen LogP contribution in [0.15, 0.2) is 30.3 Å². The van der Waals surface area contributed by atoms with E-state index in [0.29, 0.717) is 0 Å². The quantitative estimate of drug-likeness (QED) is 0.244. The first-order chi connectivity index (χ1) is 14.1. The predicted molar refractivity (Wildman–Crippen MR) is 117 cm³/mol. The molecule has 0 fully saturated rings. The van der Waals surface area contributed by atoms with Gasteiger partial charge in [-0.05, 0) is 37.1 Å². The van der Waals surface area contributed by atoms with Crippen LogP contribution in [0.5, 0.6) is 11.5 Å². The molecule has 0 amide bonds. The Balaban J connectivity index is 2.00. The van der Waals surface area contributed by atoms with Crippen LogP contribution in [0.4, 0.5) is 11.4 Å². The molecule has 0 atom stereocenters. The Kier molecular flexibility index (Phi) is 4.93. The molecule has 8 heteroatoms. The lowest BCUT2D eigenvalue weighted by molar-refractivity contribution is 0.0974. The fraction of sp³-hybridized carbons (Fsp3) is 0.0909. The number of halogens is 3. The molecule has 1 aliphatic rings. The SMILES string of the molecule is Cc1cccc(C)c1Nc1c(Cl)c(Cl)c2c(c1Cl)C(=O)c1c(O)ccc(O)c1C2=O. The number of aryl methyl sites for hydroxylation is 2. The summed E-state index contributed by atoms with van der Waals surface area (Å²) in [5.74, 6) is -2.38. The van der Waals surface area contributed by atoms with Crippen LogP contribution >= 0.6 is 34.8 Å². The van der Waals surface area contributed by atoms with Crippen molar-refractivity contribution in [3.8, 4) is 11.5 Å². The minimum atomic E-state index is -0.750. The first kappa shape index (κ1) is 20.5. The van der Waals surface area contributed by atoms with Gasteiger partial charge in [0, 0.05) is 5.69 Å². The smallest absolute Gasteiger partial charge is 0.200 e. The Morgan fingerprint density at radius 2 is 1.13 bits per heavy atom. The fourth-order valence-electron chi connectivity index (χ4n) is 3.62. The van der Waals surface area contributed by atoms with E-state index < -0.39 is 23.1 Å². The molecule has 0 spiro atoms. The first-order valence-corrected chi connectivity index (χ1v) is 9.96. The number of benzene rings is 3. The molecule has 0 saturated carbocycles. The standard InChI is InChI=1S/C22H14Cl3NO4/c1-8-4-3-5-9(2)19(8)26-20-17(24)15-14(16(23)18(20)25)21(29)12-10(27)6-7-11(28)13(12)22(15)30/h3-7,26-28H,1-2H3. The molecule has 3 N–H and O–H groups in total. The molecular formula is C22H14Cl3NO4. The zero-order chi connectivity index (χ0) is 21.9. The molecule has 5 nitrogen and oxygen atoms in total. The van der Waals surface area contributed by atoms with Gasteiger partial charge >= 0.3 is 0 Å². The summed E-state index contributed by atoms with van der Waals surface area (Å²) >= 11 is 19.4. The highest BCUT2D eigenvalue weighted by Crippen LogP contribution is 2.49. The lowest BCUT2D eigenvalue weighted by Crippen LogP contribution is -2.23. The van der Waals surface area contributed by atoms with E-state index >= 15 is 0 Å². The van der Waals surface area contributed by atoms with Gasteiger partial charge in [-0.1, -0.05) is 53.0 Å². The van der Waals surface area contributed by atoms with Crippen molar-refractivity contribution in [1.82, 2.24) is 0 Å². The van der Waals surface area contributed by atoms with E-state index in [1.807, 2.05) is 32.0 Å². The molecule has 1 aliphatic carbocycles. The number of hydrogen-bond acceptors (Lipinski definition) is 5. The molecular weight excluding hydrogens is 449 g/mol. The number of aromatic hydroxyl groups is 2. The summed E-state index contributed by atoms with van der Waals surface area (Å²) in [6.45, 7) is 3.78. The van der Waals surface area contributed by atoms with Gasteiger partial charge in [0.2, 0.25) is 0 Å². The second-order valence-electron chi connectivity index (χ2n) is 6.97. The maximum Gasteiger partial charge on any atom is 0.200 e. The Bertz CT molecular complexity index is 1260. The largest absolute Gasteiger partial charge is 0.507 e. The third-order valence-corrected chi connectivity index (χ3v) is 6.35. The number of rotatable bonds is 2. The van der Waals surface area contributed by atoms with Crippen molar-refractivity contribution in [3.63, 3.8) is 0 Å². The highest BCUT2D eigenvalue weighted by atomic mass is 35.5. The third kappa shape index (κ3) is 2.85. The van der Waals surface area contributed by atoms with Gasteiger partial charge in [0.05, 0.1) is 43.0 Å². The van der Waals surface area contributed by atoms with E-state index in [1.165, 1.54) is 0 Å². The molecule has 0 heterocycles. The molecule has 0 bridgehead atoms. The molecule has 0 saturated heterocycles. The maximum absolute atomic E-state index is 13.2. The van der Waals surface area contributed by atoms with Gasteiger partial charge in [-0.2, -0.15) is 0 Å². The van der Waals surface area contributed by atoms with Crippen LogP contribution in [0.1, 0.15) is 43.0 Å². The van der Waals surface area contributed by atoms with Crippen LogP contribution in [0.3, 0.4) is 0 Å². The van der Waals surface area contributed by atoms with Gasteiger partial charge in [-0.15, -0.1) is 0 Å². The average Bonchev–Trinajstić information content (AvgIpc) is 2.69. The van der Waals surface area contributed by atoms with Crippen molar-refractivity contribution in [3.05, 3.63) is 78.8 Å². The summed E-state index contributed by atoms with van der Waals surface area (Å²) in [5, 5.41) is 23.1. The van der Waals surface area contributed by atoms with Crippen LogP contribution < -0.4 is 5.32 Å².